The predicted octanol–water partition coefficient (Wildman–Crippen LogP) is 4.06. The number of carboxylic acids is 1. The fourth-order valence-electron chi connectivity index (χ4n) is 5.71. The molecule has 0 aromatic rings. The standard InChI is InChI=1S/C31H50N4O4/c1-6-9-15-27(33-30(38)24(5)32-22-26(13-8-3)23(4)12-7-2)31(39)35-19-17-34(18-20-35)28-16-11-10-14-25(28)21-29(36)37/h6-8,12-13,24-25,27-28,32H,1,9-11,14-22H2,2-5H3,(H,33,38)(H,36,37)/b12-7-,13-8-,26-23+/t24?,25?,27-,28?/m0/s1. The lowest BCUT2D eigenvalue weighted by Gasteiger charge is -2.44. The highest BCUT2D eigenvalue weighted by Crippen LogP contribution is 2.31. The molecule has 0 bridgehead atoms. The number of carbonyl (C=O) groups is 3. The third-order valence-electron chi connectivity index (χ3n) is 7.96. The summed E-state index contributed by atoms with van der Waals surface area (Å²) < 4.78 is 0. The Bertz CT molecular complexity index is 918. The molecule has 218 valence electrons. The summed E-state index contributed by atoms with van der Waals surface area (Å²) in [5, 5.41) is 15.6. The normalized spacial score (nSPS) is 22.9. The van der Waals surface area contributed by atoms with Gasteiger partial charge in [0.25, 0.3) is 0 Å². The van der Waals surface area contributed by atoms with Gasteiger partial charge in [0.05, 0.1) is 6.04 Å². The molecular formula is C31H50N4O4. The van der Waals surface area contributed by atoms with E-state index in [1.54, 1.807) is 6.08 Å². The van der Waals surface area contributed by atoms with Crippen LogP contribution in [0.3, 0.4) is 0 Å². The summed E-state index contributed by atoms with van der Waals surface area (Å²) in [5.74, 6) is -0.802. The summed E-state index contributed by atoms with van der Waals surface area (Å²) in [6.45, 7) is 14.8. The molecule has 0 radical (unpaired) electrons. The Hall–Kier alpha value is -2.71. The van der Waals surface area contributed by atoms with Crippen molar-refractivity contribution in [2.45, 2.75) is 90.8 Å². The van der Waals surface area contributed by atoms with Crippen LogP contribution in [-0.2, 0) is 14.4 Å². The fourth-order valence-corrected chi connectivity index (χ4v) is 5.71. The number of rotatable bonds is 14. The van der Waals surface area contributed by atoms with Gasteiger partial charge in [-0.25, -0.2) is 0 Å². The average Bonchev–Trinajstić information content (AvgIpc) is 2.92. The third-order valence-corrected chi connectivity index (χ3v) is 7.96. The molecule has 8 nitrogen and oxygen atoms in total. The van der Waals surface area contributed by atoms with Gasteiger partial charge in [0.15, 0.2) is 0 Å². The summed E-state index contributed by atoms with van der Waals surface area (Å²) in [4.78, 5) is 42.2. The molecule has 3 unspecified atom stereocenters. The number of amides is 2. The van der Waals surface area contributed by atoms with Gasteiger partial charge >= 0.3 is 5.97 Å². The summed E-state index contributed by atoms with van der Waals surface area (Å²) in [6.07, 6.45) is 15.4. The van der Waals surface area contributed by atoms with Crippen molar-refractivity contribution in [3.8, 4) is 0 Å². The zero-order valence-electron chi connectivity index (χ0n) is 24.5. The smallest absolute Gasteiger partial charge is 0.303 e. The van der Waals surface area contributed by atoms with Crippen LogP contribution in [0.25, 0.3) is 0 Å². The van der Waals surface area contributed by atoms with Crippen LogP contribution in [0, 0.1) is 5.92 Å². The molecule has 1 aliphatic carbocycles. The van der Waals surface area contributed by atoms with Crippen molar-refractivity contribution in [3.05, 3.63) is 48.1 Å². The number of hydrogen-bond donors (Lipinski definition) is 3. The minimum Gasteiger partial charge on any atom is -0.481 e. The van der Waals surface area contributed by atoms with Crippen LogP contribution in [0.15, 0.2) is 48.1 Å². The molecule has 0 aromatic heterocycles. The Labute approximate surface area is 235 Å². The molecule has 1 saturated carbocycles. The first-order valence-corrected chi connectivity index (χ1v) is 14.6. The quantitative estimate of drug-likeness (QED) is 0.226. The molecule has 3 N–H and O–H groups in total. The van der Waals surface area contributed by atoms with Crippen molar-refractivity contribution in [3.63, 3.8) is 0 Å². The van der Waals surface area contributed by atoms with Gasteiger partial charge in [0.2, 0.25) is 11.8 Å². The molecule has 2 amide bonds. The minimum atomic E-state index is -0.729. The molecular weight excluding hydrogens is 492 g/mol. The fraction of sp³-hybridized carbons (Fsp3) is 0.645. The van der Waals surface area contributed by atoms with E-state index in [1.807, 2.05) is 56.9 Å². The van der Waals surface area contributed by atoms with Gasteiger partial charge in [0, 0.05) is 45.2 Å². The van der Waals surface area contributed by atoms with Gasteiger partial charge in [-0.05, 0) is 70.4 Å². The van der Waals surface area contributed by atoms with Gasteiger partial charge in [0.1, 0.15) is 6.04 Å². The van der Waals surface area contributed by atoms with Crippen LogP contribution in [-0.4, -0.2) is 83.5 Å². The molecule has 8 heteroatoms. The molecule has 4 atom stereocenters. The molecule has 0 spiro atoms. The highest BCUT2D eigenvalue weighted by molar-refractivity contribution is 5.89. The van der Waals surface area contributed by atoms with E-state index in [4.69, 9.17) is 0 Å². The molecule has 1 heterocycles. The second-order valence-corrected chi connectivity index (χ2v) is 10.8. The number of nitrogens with zero attached hydrogens (tertiary/aromatic N) is 2. The highest BCUT2D eigenvalue weighted by Gasteiger charge is 2.35. The number of piperazine rings is 1. The van der Waals surface area contributed by atoms with Gasteiger partial charge < -0.3 is 20.6 Å². The topological polar surface area (TPSA) is 102 Å². The number of carboxylic acid groups (broad SMARTS) is 1. The van der Waals surface area contributed by atoms with Crippen LogP contribution in [0.5, 0.6) is 0 Å². The van der Waals surface area contributed by atoms with Gasteiger partial charge in [-0.15, -0.1) is 6.58 Å². The maximum atomic E-state index is 13.5. The first kappa shape index (κ1) is 32.5. The number of nitrogens with one attached hydrogen (secondary N) is 2. The van der Waals surface area contributed by atoms with Crippen molar-refractivity contribution >= 4 is 17.8 Å². The zero-order chi connectivity index (χ0) is 28.8. The van der Waals surface area contributed by atoms with Crippen LogP contribution in [0.4, 0.5) is 0 Å². The lowest BCUT2D eigenvalue weighted by molar-refractivity contribution is -0.140. The lowest BCUT2D eigenvalue weighted by Crippen LogP contribution is -2.58. The monoisotopic (exact) mass is 542 g/mol. The lowest BCUT2D eigenvalue weighted by atomic mass is 9.81. The molecule has 2 fully saturated rings. The van der Waals surface area contributed by atoms with E-state index in [2.05, 4.69) is 22.1 Å². The maximum Gasteiger partial charge on any atom is 0.303 e. The van der Waals surface area contributed by atoms with E-state index in [-0.39, 0.29) is 30.2 Å². The van der Waals surface area contributed by atoms with Gasteiger partial charge in [-0.2, -0.15) is 0 Å². The molecule has 39 heavy (non-hydrogen) atoms. The number of carbonyl (C=O) groups excluding carboxylic acids is 2. The second kappa shape index (κ2) is 17.1. The first-order valence-electron chi connectivity index (χ1n) is 14.6. The van der Waals surface area contributed by atoms with Crippen LogP contribution in [0.1, 0.15) is 72.6 Å². The molecule has 2 aliphatic rings. The summed E-state index contributed by atoms with van der Waals surface area (Å²) in [7, 11) is 0. The van der Waals surface area contributed by atoms with E-state index in [0.717, 1.165) is 49.9 Å². The minimum absolute atomic E-state index is 0.0544. The van der Waals surface area contributed by atoms with Crippen molar-refractivity contribution in [1.29, 1.82) is 0 Å². The Morgan fingerprint density at radius 1 is 1.05 bits per heavy atom. The number of aliphatic carboxylic acids is 1. The molecule has 0 aromatic carbocycles. The van der Waals surface area contributed by atoms with E-state index >= 15 is 0 Å². The zero-order valence-corrected chi connectivity index (χ0v) is 24.5. The molecule has 1 aliphatic heterocycles. The van der Waals surface area contributed by atoms with Crippen LogP contribution >= 0.6 is 0 Å². The van der Waals surface area contributed by atoms with Gasteiger partial charge in [-0.3, -0.25) is 19.3 Å². The van der Waals surface area contributed by atoms with Crippen LogP contribution in [0.2, 0.25) is 0 Å². The van der Waals surface area contributed by atoms with E-state index in [9.17, 15) is 19.5 Å². The van der Waals surface area contributed by atoms with Crippen molar-refractivity contribution in [1.82, 2.24) is 20.4 Å². The van der Waals surface area contributed by atoms with Crippen LogP contribution < -0.4 is 10.6 Å². The van der Waals surface area contributed by atoms with E-state index < -0.39 is 18.1 Å². The second-order valence-electron chi connectivity index (χ2n) is 10.8. The summed E-state index contributed by atoms with van der Waals surface area (Å²) >= 11 is 0. The highest BCUT2D eigenvalue weighted by atomic mass is 16.4. The SMILES string of the molecule is C=CCC[C@H](NC(=O)C(C)NCC(/C=C\C)=C(C)/C=C\C)C(=O)N1CCN(C2CCCCC2CC(=O)O)CC1. The van der Waals surface area contributed by atoms with E-state index in [0.29, 0.717) is 32.5 Å². The molecule has 1 saturated heterocycles. The largest absolute Gasteiger partial charge is 0.481 e. The van der Waals surface area contributed by atoms with Gasteiger partial charge in [-0.1, -0.05) is 43.2 Å². The Morgan fingerprint density at radius 2 is 1.72 bits per heavy atom. The first-order chi connectivity index (χ1) is 18.7. The molecule has 2 rings (SSSR count). The number of allylic oxidation sites excluding steroid dienone is 5. The van der Waals surface area contributed by atoms with E-state index in [1.165, 1.54) is 0 Å². The number of hydrogen-bond acceptors (Lipinski definition) is 5. The summed E-state index contributed by atoms with van der Waals surface area (Å²) in [6, 6.07) is -0.790. The Morgan fingerprint density at radius 3 is 2.33 bits per heavy atom. The Kier molecular flexibility index (Phi) is 14.2. The maximum absolute atomic E-state index is 13.5. The van der Waals surface area contributed by atoms with Crippen molar-refractivity contribution < 1.29 is 19.5 Å². The predicted molar refractivity (Wildman–Crippen MR) is 157 cm³/mol. The summed E-state index contributed by atoms with van der Waals surface area (Å²) in [5.41, 5.74) is 2.24. The Balaban J connectivity index is 1.97. The van der Waals surface area contributed by atoms with Crippen molar-refractivity contribution in [2.75, 3.05) is 32.7 Å². The third kappa shape index (κ3) is 10.4. The van der Waals surface area contributed by atoms with Crippen molar-refractivity contribution in [2.24, 2.45) is 5.92 Å². The average molecular weight is 543 g/mol.